The van der Waals surface area contributed by atoms with Crippen LogP contribution in [0, 0.1) is 0 Å². The summed E-state index contributed by atoms with van der Waals surface area (Å²) in [4.78, 5) is 4.25. The number of nitrogens with one attached hydrogen (secondary N) is 1. The van der Waals surface area contributed by atoms with Crippen molar-refractivity contribution in [1.82, 2.24) is 4.98 Å². The minimum Gasteiger partial charge on any atom is -0.489 e. The number of hydrogen-bond acceptors (Lipinski definition) is 3. The number of benzene rings is 1. The van der Waals surface area contributed by atoms with E-state index in [0.717, 1.165) is 34.6 Å². The van der Waals surface area contributed by atoms with Crippen molar-refractivity contribution >= 4 is 21.7 Å². The molecule has 0 aliphatic carbocycles. The highest BCUT2D eigenvalue weighted by atomic mass is 79.9. The first-order chi connectivity index (χ1) is 9.28. The third-order valence-corrected chi connectivity index (χ3v) is 3.08. The van der Waals surface area contributed by atoms with E-state index in [1.807, 2.05) is 30.3 Å². The van der Waals surface area contributed by atoms with Crippen LogP contribution in [0.25, 0.3) is 0 Å². The van der Waals surface area contributed by atoms with Crippen molar-refractivity contribution in [3.63, 3.8) is 0 Å². The van der Waals surface area contributed by atoms with Gasteiger partial charge in [0.25, 0.3) is 0 Å². The minimum atomic E-state index is 0.552. The zero-order chi connectivity index (χ0) is 13.5. The fourth-order valence-corrected chi connectivity index (χ4v) is 2.09. The number of halogens is 1. The van der Waals surface area contributed by atoms with E-state index in [2.05, 4.69) is 39.2 Å². The monoisotopic (exact) mass is 320 g/mol. The van der Waals surface area contributed by atoms with Gasteiger partial charge in [-0.3, -0.25) is 0 Å². The van der Waals surface area contributed by atoms with Gasteiger partial charge < -0.3 is 10.1 Å². The predicted octanol–water partition coefficient (Wildman–Crippen LogP) is 4.25. The molecule has 0 aliphatic rings. The summed E-state index contributed by atoms with van der Waals surface area (Å²) >= 11 is 3.45. The topological polar surface area (TPSA) is 34.1 Å². The SMILES string of the molecule is CCCNc1cc(OCc2cccc(Br)c2)ccn1. The van der Waals surface area contributed by atoms with Crippen LogP contribution < -0.4 is 10.1 Å². The molecule has 1 heterocycles. The van der Waals surface area contributed by atoms with Gasteiger partial charge in [0.05, 0.1) is 0 Å². The van der Waals surface area contributed by atoms with Crippen LogP contribution >= 0.6 is 15.9 Å². The van der Waals surface area contributed by atoms with Crippen LogP contribution in [0.4, 0.5) is 5.82 Å². The normalized spacial score (nSPS) is 10.2. The maximum absolute atomic E-state index is 5.77. The molecule has 2 aromatic rings. The van der Waals surface area contributed by atoms with Crippen LogP contribution in [0.3, 0.4) is 0 Å². The van der Waals surface area contributed by atoms with Crippen molar-refractivity contribution in [3.05, 3.63) is 52.6 Å². The number of hydrogen-bond donors (Lipinski definition) is 1. The summed E-state index contributed by atoms with van der Waals surface area (Å²) in [6, 6.07) is 11.9. The highest BCUT2D eigenvalue weighted by Crippen LogP contribution is 2.17. The van der Waals surface area contributed by atoms with Crippen molar-refractivity contribution in [3.8, 4) is 5.75 Å². The second-order valence-corrected chi connectivity index (χ2v) is 5.14. The van der Waals surface area contributed by atoms with E-state index >= 15 is 0 Å². The van der Waals surface area contributed by atoms with Crippen LogP contribution in [0.5, 0.6) is 5.75 Å². The van der Waals surface area contributed by atoms with Gasteiger partial charge in [-0.25, -0.2) is 4.98 Å². The first-order valence-electron chi connectivity index (χ1n) is 6.35. The first-order valence-corrected chi connectivity index (χ1v) is 7.14. The Morgan fingerprint density at radius 2 is 2.16 bits per heavy atom. The number of nitrogens with zero attached hydrogens (tertiary/aromatic N) is 1. The van der Waals surface area contributed by atoms with Crippen LogP contribution in [0.2, 0.25) is 0 Å². The van der Waals surface area contributed by atoms with Crippen LogP contribution in [-0.2, 0) is 6.61 Å². The summed E-state index contributed by atoms with van der Waals surface area (Å²) < 4.78 is 6.83. The lowest BCUT2D eigenvalue weighted by Crippen LogP contribution is -2.02. The fourth-order valence-electron chi connectivity index (χ4n) is 1.64. The van der Waals surface area contributed by atoms with Gasteiger partial charge in [-0.05, 0) is 30.2 Å². The summed E-state index contributed by atoms with van der Waals surface area (Å²) in [6.07, 6.45) is 2.83. The van der Waals surface area contributed by atoms with Crippen LogP contribution in [0.15, 0.2) is 47.1 Å². The molecule has 2 rings (SSSR count). The zero-order valence-electron chi connectivity index (χ0n) is 10.9. The Balaban J connectivity index is 1.95. The second-order valence-electron chi connectivity index (χ2n) is 4.22. The lowest BCUT2D eigenvalue weighted by Gasteiger charge is -2.09. The number of pyridine rings is 1. The van der Waals surface area contributed by atoms with Crippen LogP contribution in [0.1, 0.15) is 18.9 Å². The molecule has 0 radical (unpaired) electrons. The Morgan fingerprint density at radius 3 is 2.95 bits per heavy atom. The number of rotatable bonds is 6. The van der Waals surface area contributed by atoms with Gasteiger partial charge in [0.15, 0.2) is 0 Å². The van der Waals surface area contributed by atoms with Crippen molar-refractivity contribution in [1.29, 1.82) is 0 Å². The van der Waals surface area contributed by atoms with Gasteiger partial charge in [0.2, 0.25) is 0 Å². The third kappa shape index (κ3) is 4.56. The Kier molecular flexibility index (Phi) is 5.21. The lowest BCUT2D eigenvalue weighted by atomic mass is 10.2. The molecule has 1 aromatic carbocycles. The minimum absolute atomic E-state index is 0.552. The summed E-state index contributed by atoms with van der Waals surface area (Å²) in [5.41, 5.74) is 1.13. The highest BCUT2D eigenvalue weighted by Gasteiger charge is 1.99. The van der Waals surface area contributed by atoms with E-state index in [0.29, 0.717) is 6.61 Å². The molecule has 0 atom stereocenters. The Labute approximate surface area is 122 Å². The molecular weight excluding hydrogens is 304 g/mol. The molecular formula is C15H17BrN2O. The lowest BCUT2D eigenvalue weighted by molar-refractivity contribution is 0.306. The molecule has 0 amide bonds. The quantitative estimate of drug-likeness (QED) is 0.864. The van der Waals surface area contributed by atoms with Gasteiger partial charge in [-0.2, -0.15) is 0 Å². The third-order valence-electron chi connectivity index (χ3n) is 2.58. The molecule has 0 fully saturated rings. The summed E-state index contributed by atoms with van der Waals surface area (Å²) in [6.45, 7) is 3.60. The van der Waals surface area contributed by atoms with Crippen LogP contribution in [-0.4, -0.2) is 11.5 Å². The largest absolute Gasteiger partial charge is 0.489 e. The maximum atomic E-state index is 5.77. The average molecular weight is 321 g/mol. The van der Waals surface area contributed by atoms with Gasteiger partial charge in [-0.1, -0.05) is 35.0 Å². The molecule has 0 saturated carbocycles. The Bertz CT molecular complexity index is 531. The first kappa shape index (κ1) is 13.9. The van der Waals surface area contributed by atoms with Crippen molar-refractivity contribution in [2.75, 3.05) is 11.9 Å². The molecule has 4 heteroatoms. The molecule has 100 valence electrons. The van der Waals surface area contributed by atoms with Gasteiger partial charge in [0, 0.05) is 23.3 Å². The van der Waals surface area contributed by atoms with E-state index in [1.165, 1.54) is 0 Å². The average Bonchev–Trinajstić information content (AvgIpc) is 2.43. The number of ether oxygens (including phenoxy) is 1. The van der Waals surface area contributed by atoms with Crippen molar-refractivity contribution in [2.24, 2.45) is 0 Å². The fraction of sp³-hybridized carbons (Fsp3) is 0.267. The van der Waals surface area contributed by atoms with E-state index in [4.69, 9.17) is 4.74 Å². The maximum Gasteiger partial charge on any atom is 0.129 e. The highest BCUT2D eigenvalue weighted by molar-refractivity contribution is 9.10. The standard InChI is InChI=1S/C15H17BrN2O/c1-2-7-17-15-10-14(6-8-18-15)19-11-12-4-3-5-13(16)9-12/h3-6,8-10H,2,7,11H2,1H3,(H,17,18). The zero-order valence-corrected chi connectivity index (χ0v) is 12.5. The molecule has 0 spiro atoms. The molecule has 1 aromatic heterocycles. The van der Waals surface area contributed by atoms with E-state index in [9.17, 15) is 0 Å². The Morgan fingerprint density at radius 1 is 1.26 bits per heavy atom. The molecule has 1 N–H and O–H groups in total. The molecule has 0 bridgehead atoms. The number of anilines is 1. The van der Waals surface area contributed by atoms with Gasteiger partial charge in [0.1, 0.15) is 18.2 Å². The molecule has 0 saturated heterocycles. The second kappa shape index (κ2) is 7.14. The number of aromatic nitrogens is 1. The van der Waals surface area contributed by atoms with E-state index in [1.54, 1.807) is 6.20 Å². The van der Waals surface area contributed by atoms with Crippen molar-refractivity contribution in [2.45, 2.75) is 20.0 Å². The molecule has 3 nitrogen and oxygen atoms in total. The van der Waals surface area contributed by atoms with E-state index in [-0.39, 0.29) is 0 Å². The smallest absolute Gasteiger partial charge is 0.129 e. The van der Waals surface area contributed by atoms with Gasteiger partial charge >= 0.3 is 0 Å². The van der Waals surface area contributed by atoms with Gasteiger partial charge in [-0.15, -0.1) is 0 Å². The summed E-state index contributed by atoms with van der Waals surface area (Å²) in [5, 5.41) is 3.24. The molecule has 0 unspecified atom stereocenters. The predicted molar refractivity (Wildman–Crippen MR) is 81.5 cm³/mol. The molecule has 0 aliphatic heterocycles. The Hall–Kier alpha value is -1.55. The van der Waals surface area contributed by atoms with E-state index < -0.39 is 0 Å². The van der Waals surface area contributed by atoms with Crippen molar-refractivity contribution < 1.29 is 4.74 Å². The molecule has 19 heavy (non-hydrogen) atoms. The summed E-state index contributed by atoms with van der Waals surface area (Å²) in [7, 11) is 0. The summed E-state index contributed by atoms with van der Waals surface area (Å²) in [5.74, 6) is 1.68.